The van der Waals surface area contributed by atoms with Crippen molar-refractivity contribution in [1.29, 1.82) is 0 Å². The van der Waals surface area contributed by atoms with E-state index >= 15 is 0 Å². The highest BCUT2D eigenvalue weighted by Crippen LogP contribution is 2.51. The second-order valence-electron chi connectivity index (χ2n) is 5.04. The number of carboxylic acid groups (broad SMARTS) is 1. The van der Waals surface area contributed by atoms with Gasteiger partial charge in [-0.2, -0.15) is 0 Å². The van der Waals surface area contributed by atoms with Crippen LogP contribution in [0.2, 0.25) is 0 Å². The van der Waals surface area contributed by atoms with E-state index in [9.17, 15) is 4.79 Å². The van der Waals surface area contributed by atoms with Crippen molar-refractivity contribution in [1.82, 2.24) is 0 Å². The highest BCUT2D eigenvalue weighted by Gasteiger charge is 2.45. The van der Waals surface area contributed by atoms with E-state index < -0.39 is 5.97 Å². The van der Waals surface area contributed by atoms with Gasteiger partial charge in [0.25, 0.3) is 0 Å². The molecule has 0 aromatic heterocycles. The van der Waals surface area contributed by atoms with Gasteiger partial charge in [-0.05, 0) is 30.5 Å². The molecule has 1 N–H and O–H groups in total. The number of hydrogen-bond acceptors (Lipinski definition) is 2. The molecule has 0 unspecified atom stereocenters. The van der Waals surface area contributed by atoms with Crippen LogP contribution in [0.3, 0.4) is 0 Å². The molecule has 0 spiro atoms. The van der Waals surface area contributed by atoms with Crippen LogP contribution in [0.1, 0.15) is 38.7 Å². The lowest BCUT2D eigenvalue weighted by Crippen LogP contribution is -2.12. The molecule has 2 nitrogen and oxygen atoms in total. The minimum atomic E-state index is -0.692. The Bertz CT molecular complexity index is 405. The molecule has 0 heterocycles. The number of thioether (sulfide) groups is 1. The van der Waals surface area contributed by atoms with Gasteiger partial charge in [-0.1, -0.05) is 26.0 Å². The Kier molecular flexibility index (Phi) is 3.48. The Morgan fingerprint density at radius 3 is 2.35 bits per heavy atom. The van der Waals surface area contributed by atoms with E-state index in [0.29, 0.717) is 5.25 Å². The SMILES string of the molecule is CC(C)Sc1ccc(C2(CC(=O)O)CC2)cc1. The molecule has 92 valence electrons. The standard InChI is InChI=1S/C14H18O2S/c1-10(2)17-12-5-3-11(4-6-12)14(7-8-14)9-13(15)16/h3-6,10H,7-9H2,1-2H3,(H,15,16). The summed E-state index contributed by atoms with van der Waals surface area (Å²) < 4.78 is 0. The van der Waals surface area contributed by atoms with E-state index in [1.807, 2.05) is 11.8 Å². The molecule has 0 aliphatic heterocycles. The monoisotopic (exact) mass is 250 g/mol. The third-order valence-electron chi connectivity index (χ3n) is 3.18. The molecule has 0 bridgehead atoms. The molecular weight excluding hydrogens is 232 g/mol. The fourth-order valence-electron chi connectivity index (χ4n) is 2.17. The number of aliphatic carboxylic acids is 1. The Balaban J connectivity index is 2.10. The maximum Gasteiger partial charge on any atom is 0.304 e. The molecule has 2 rings (SSSR count). The Morgan fingerprint density at radius 1 is 1.35 bits per heavy atom. The van der Waals surface area contributed by atoms with Crippen LogP contribution in [0.4, 0.5) is 0 Å². The molecule has 0 atom stereocenters. The summed E-state index contributed by atoms with van der Waals surface area (Å²) in [5, 5.41) is 9.50. The van der Waals surface area contributed by atoms with Gasteiger partial charge in [0.1, 0.15) is 0 Å². The van der Waals surface area contributed by atoms with Gasteiger partial charge in [0.2, 0.25) is 0 Å². The van der Waals surface area contributed by atoms with Crippen LogP contribution in [0.25, 0.3) is 0 Å². The molecule has 0 radical (unpaired) electrons. The number of carbonyl (C=O) groups is 1. The third-order valence-corrected chi connectivity index (χ3v) is 4.20. The quantitative estimate of drug-likeness (QED) is 0.810. The largest absolute Gasteiger partial charge is 0.481 e. The zero-order valence-corrected chi connectivity index (χ0v) is 11.1. The van der Waals surface area contributed by atoms with Crippen molar-refractivity contribution in [3.05, 3.63) is 29.8 Å². The molecule has 1 aromatic rings. The highest BCUT2D eigenvalue weighted by molar-refractivity contribution is 7.99. The van der Waals surface area contributed by atoms with Gasteiger partial charge in [-0.3, -0.25) is 4.79 Å². The summed E-state index contributed by atoms with van der Waals surface area (Å²) in [6, 6.07) is 8.42. The van der Waals surface area contributed by atoms with Crippen LogP contribution in [0.5, 0.6) is 0 Å². The van der Waals surface area contributed by atoms with Crippen molar-refractivity contribution in [3.63, 3.8) is 0 Å². The van der Waals surface area contributed by atoms with E-state index in [1.165, 1.54) is 10.5 Å². The fourth-order valence-corrected chi connectivity index (χ4v) is 3.00. The molecular formula is C14H18O2S. The van der Waals surface area contributed by atoms with Crippen LogP contribution in [-0.2, 0) is 10.2 Å². The van der Waals surface area contributed by atoms with Crippen molar-refractivity contribution in [2.24, 2.45) is 0 Å². The summed E-state index contributed by atoms with van der Waals surface area (Å²) in [6.07, 6.45) is 2.29. The Labute approximate surface area is 106 Å². The molecule has 1 aliphatic carbocycles. The molecule has 1 saturated carbocycles. The molecule has 0 amide bonds. The van der Waals surface area contributed by atoms with Crippen LogP contribution in [0.15, 0.2) is 29.2 Å². The summed E-state index contributed by atoms with van der Waals surface area (Å²) in [7, 11) is 0. The van der Waals surface area contributed by atoms with Crippen molar-refractivity contribution in [3.8, 4) is 0 Å². The molecule has 0 saturated heterocycles. The predicted molar refractivity (Wildman–Crippen MR) is 70.6 cm³/mol. The number of benzene rings is 1. The van der Waals surface area contributed by atoms with Crippen molar-refractivity contribution >= 4 is 17.7 Å². The molecule has 17 heavy (non-hydrogen) atoms. The van der Waals surface area contributed by atoms with Gasteiger partial charge >= 0.3 is 5.97 Å². The lowest BCUT2D eigenvalue weighted by atomic mass is 9.93. The smallest absolute Gasteiger partial charge is 0.304 e. The summed E-state index contributed by atoms with van der Waals surface area (Å²) >= 11 is 1.84. The second-order valence-corrected chi connectivity index (χ2v) is 6.69. The second kappa shape index (κ2) is 4.73. The van der Waals surface area contributed by atoms with Gasteiger partial charge in [0, 0.05) is 15.6 Å². The third kappa shape index (κ3) is 3.03. The lowest BCUT2D eigenvalue weighted by Gasteiger charge is -2.14. The summed E-state index contributed by atoms with van der Waals surface area (Å²) in [5.74, 6) is -0.692. The normalized spacial score (nSPS) is 17.1. The zero-order chi connectivity index (χ0) is 12.5. The van der Waals surface area contributed by atoms with Crippen LogP contribution < -0.4 is 0 Å². The first-order valence-corrected chi connectivity index (χ1v) is 6.89. The number of carboxylic acids is 1. The average molecular weight is 250 g/mol. The topological polar surface area (TPSA) is 37.3 Å². The number of rotatable bonds is 5. The van der Waals surface area contributed by atoms with E-state index in [1.54, 1.807) is 0 Å². The van der Waals surface area contributed by atoms with Gasteiger partial charge in [-0.25, -0.2) is 0 Å². The molecule has 1 aliphatic rings. The highest BCUT2D eigenvalue weighted by atomic mass is 32.2. The molecule has 3 heteroatoms. The Hall–Kier alpha value is -0.960. The van der Waals surface area contributed by atoms with E-state index in [2.05, 4.69) is 38.1 Å². The maximum atomic E-state index is 10.8. The maximum absolute atomic E-state index is 10.8. The van der Waals surface area contributed by atoms with Crippen molar-refractivity contribution < 1.29 is 9.90 Å². The summed E-state index contributed by atoms with van der Waals surface area (Å²) in [4.78, 5) is 12.1. The minimum Gasteiger partial charge on any atom is -0.481 e. The Morgan fingerprint density at radius 2 is 1.94 bits per heavy atom. The number of hydrogen-bond donors (Lipinski definition) is 1. The van der Waals surface area contributed by atoms with Crippen molar-refractivity contribution in [2.45, 2.75) is 48.7 Å². The van der Waals surface area contributed by atoms with Gasteiger partial charge < -0.3 is 5.11 Å². The first-order chi connectivity index (χ1) is 8.02. The minimum absolute atomic E-state index is 0.0626. The predicted octanol–water partition coefficient (Wildman–Crippen LogP) is 3.69. The van der Waals surface area contributed by atoms with Crippen LogP contribution in [0, 0.1) is 0 Å². The van der Waals surface area contributed by atoms with Crippen LogP contribution >= 0.6 is 11.8 Å². The lowest BCUT2D eigenvalue weighted by molar-refractivity contribution is -0.137. The first-order valence-electron chi connectivity index (χ1n) is 6.01. The summed E-state index contributed by atoms with van der Waals surface area (Å²) in [5.41, 5.74) is 1.13. The van der Waals surface area contributed by atoms with E-state index in [4.69, 9.17) is 5.11 Å². The molecule has 1 aromatic carbocycles. The van der Waals surface area contributed by atoms with Crippen molar-refractivity contribution in [2.75, 3.05) is 0 Å². The van der Waals surface area contributed by atoms with E-state index in [0.717, 1.165) is 12.8 Å². The van der Waals surface area contributed by atoms with Gasteiger partial charge in [0.05, 0.1) is 6.42 Å². The first kappa shape index (κ1) is 12.5. The fraction of sp³-hybridized carbons (Fsp3) is 0.500. The zero-order valence-electron chi connectivity index (χ0n) is 10.3. The van der Waals surface area contributed by atoms with Crippen LogP contribution in [-0.4, -0.2) is 16.3 Å². The van der Waals surface area contributed by atoms with E-state index in [-0.39, 0.29) is 11.8 Å². The average Bonchev–Trinajstić information content (AvgIpc) is 2.98. The molecule has 1 fully saturated rings. The van der Waals surface area contributed by atoms with Gasteiger partial charge in [0.15, 0.2) is 0 Å². The van der Waals surface area contributed by atoms with Gasteiger partial charge in [-0.15, -0.1) is 11.8 Å². The summed E-state index contributed by atoms with van der Waals surface area (Å²) in [6.45, 7) is 4.34.